The fourth-order valence-corrected chi connectivity index (χ4v) is 2.82. The second-order valence-corrected chi connectivity index (χ2v) is 6.05. The standard InChI is InChI=1S/C16H20N2O5/c1-10-9-23-13-7-11(14(19)17-21)3-4-12(13)8-18(10)15(20)16(22-2)5-6-16/h3-4,7,10,21H,5-6,8-9H2,1-2H3,(H,17,19). The molecule has 0 aromatic heterocycles. The molecule has 2 aliphatic rings. The molecule has 1 aliphatic carbocycles. The Morgan fingerprint density at radius 3 is 2.78 bits per heavy atom. The van der Waals surface area contributed by atoms with Crippen LogP contribution >= 0.6 is 0 Å². The van der Waals surface area contributed by atoms with Crippen molar-refractivity contribution in [3.05, 3.63) is 29.3 Å². The maximum atomic E-state index is 12.8. The number of hydrogen-bond donors (Lipinski definition) is 2. The van der Waals surface area contributed by atoms with Crippen molar-refractivity contribution in [2.75, 3.05) is 13.7 Å². The van der Waals surface area contributed by atoms with Crippen LogP contribution in [0.15, 0.2) is 18.2 Å². The first kappa shape index (κ1) is 15.8. The number of hydrogen-bond acceptors (Lipinski definition) is 5. The lowest BCUT2D eigenvalue weighted by Crippen LogP contribution is -2.46. The van der Waals surface area contributed by atoms with E-state index in [0.717, 1.165) is 18.4 Å². The zero-order valence-electron chi connectivity index (χ0n) is 13.2. The minimum absolute atomic E-state index is 0.0128. The Labute approximate surface area is 134 Å². The number of benzene rings is 1. The van der Waals surface area contributed by atoms with E-state index in [1.165, 1.54) is 0 Å². The van der Waals surface area contributed by atoms with Gasteiger partial charge in [0.1, 0.15) is 18.0 Å². The molecule has 3 rings (SSSR count). The van der Waals surface area contributed by atoms with Crippen LogP contribution in [0.3, 0.4) is 0 Å². The van der Waals surface area contributed by atoms with Gasteiger partial charge in [-0.2, -0.15) is 0 Å². The smallest absolute Gasteiger partial charge is 0.274 e. The van der Waals surface area contributed by atoms with Gasteiger partial charge in [-0.25, -0.2) is 5.48 Å². The number of fused-ring (bicyclic) bond motifs is 1. The van der Waals surface area contributed by atoms with Crippen molar-refractivity contribution < 1.29 is 24.3 Å². The monoisotopic (exact) mass is 320 g/mol. The summed E-state index contributed by atoms with van der Waals surface area (Å²) < 4.78 is 11.1. The van der Waals surface area contributed by atoms with Crippen LogP contribution in [-0.2, 0) is 16.1 Å². The van der Waals surface area contributed by atoms with E-state index in [1.54, 1.807) is 35.7 Å². The topological polar surface area (TPSA) is 88.1 Å². The van der Waals surface area contributed by atoms with Gasteiger partial charge in [0.15, 0.2) is 0 Å². The number of amides is 2. The highest BCUT2D eigenvalue weighted by molar-refractivity contribution is 5.94. The summed E-state index contributed by atoms with van der Waals surface area (Å²) >= 11 is 0. The molecule has 1 aromatic carbocycles. The Bertz CT molecular complexity index is 641. The van der Waals surface area contributed by atoms with E-state index >= 15 is 0 Å². The third-order valence-electron chi connectivity index (χ3n) is 4.53. The molecule has 0 saturated heterocycles. The normalized spacial score (nSPS) is 21.7. The van der Waals surface area contributed by atoms with E-state index in [-0.39, 0.29) is 11.9 Å². The quantitative estimate of drug-likeness (QED) is 0.643. The van der Waals surface area contributed by atoms with Crippen LogP contribution in [0.2, 0.25) is 0 Å². The maximum absolute atomic E-state index is 12.8. The van der Waals surface area contributed by atoms with Crippen molar-refractivity contribution in [1.82, 2.24) is 10.4 Å². The third-order valence-corrected chi connectivity index (χ3v) is 4.53. The summed E-state index contributed by atoms with van der Waals surface area (Å²) in [4.78, 5) is 26.0. The first-order valence-electron chi connectivity index (χ1n) is 7.57. The molecule has 0 spiro atoms. The van der Waals surface area contributed by atoms with E-state index < -0.39 is 11.5 Å². The van der Waals surface area contributed by atoms with E-state index in [9.17, 15) is 9.59 Å². The summed E-state index contributed by atoms with van der Waals surface area (Å²) in [6.45, 7) is 2.67. The summed E-state index contributed by atoms with van der Waals surface area (Å²) in [6, 6.07) is 4.81. The SMILES string of the molecule is COC1(C(=O)N2Cc3ccc(C(=O)NO)cc3OCC2C)CC1. The van der Waals surface area contributed by atoms with Crippen LogP contribution in [0, 0.1) is 0 Å². The van der Waals surface area contributed by atoms with Gasteiger partial charge in [0.2, 0.25) is 0 Å². The summed E-state index contributed by atoms with van der Waals surface area (Å²) in [7, 11) is 1.57. The molecule has 1 aromatic rings. The Hall–Kier alpha value is -2.12. The summed E-state index contributed by atoms with van der Waals surface area (Å²) in [5.41, 5.74) is 2.05. The highest BCUT2D eigenvalue weighted by Gasteiger charge is 2.53. The lowest BCUT2D eigenvalue weighted by molar-refractivity contribution is -0.147. The zero-order chi connectivity index (χ0) is 16.6. The molecule has 0 radical (unpaired) electrons. The predicted molar refractivity (Wildman–Crippen MR) is 80.2 cm³/mol. The Morgan fingerprint density at radius 1 is 1.43 bits per heavy atom. The summed E-state index contributed by atoms with van der Waals surface area (Å²) in [5.74, 6) is -0.0606. The van der Waals surface area contributed by atoms with Crippen molar-refractivity contribution >= 4 is 11.8 Å². The van der Waals surface area contributed by atoms with E-state index in [0.29, 0.717) is 24.5 Å². The molecule has 23 heavy (non-hydrogen) atoms. The van der Waals surface area contributed by atoms with Crippen molar-refractivity contribution in [3.8, 4) is 5.75 Å². The van der Waals surface area contributed by atoms with Crippen molar-refractivity contribution in [2.45, 2.75) is 38.0 Å². The average Bonchev–Trinajstić information content (AvgIpc) is 3.38. The predicted octanol–water partition coefficient (Wildman–Crippen LogP) is 1.09. The molecular weight excluding hydrogens is 300 g/mol. The second-order valence-electron chi connectivity index (χ2n) is 6.05. The van der Waals surface area contributed by atoms with Crippen LogP contribution in [0.25, 0.3) is 0 Å². The van der Waals surface area contributed by atoms with Gasteiger partial charge in [-0.1, -0.05) is 6.07 Å². The highest BCUT2D eigenvalue weighted by atomic mass is 16.5. The summed E-state index contributed by atoms with van der Waals surface area (Å²) in [6.07, 6.45) is 1.49. The molecule has 2 N–H and O–H groups in total. The molecular formula is C16H20N2O5. The highest BCUT2D eigenvalue weighted by Crippen LogP contribution is 2.42. The maximum Gasteiger partial charge on any atom is 0.274 e. The molecule has 7 nitrogen and oxygen atoms in total. The Morgan fingerprint density at radius 2 is 2.17 bits per heavy atom. The molecule has 1 atom stereocenters. The Balaban J connectivity index is 1.87. The van der Waals surface area contributed by atoms with E-state index in [4.69, 9.17) is 14.7 Å². The number of rotatable bonds is 3. The zero-order valence-corrected chi connectivity index (χ0v) is 13.2. The molecule has 1 unspecified atom stereocenters. The first-order valence-corrected chi connectivity index (χ1v) is 7.57. The fraction of sp³-hybridized carbons (Fsp3) is 0.500. The molecule has 124 valence electrons. The largest absolute Gasteiger partial charge is 0.491 e. The number of ether oxygens (including phenoxy) is 2. The van der Waals surface area contributed by atoms with Crippen LogP contribution in [0.1, 0.15) is 35.7 Å². The molecule has 1 saturated carbocycles. The van der Waals surface area contributed by atoms with E-state index in [1.807, 2.05) is 6.92 Å². The lowest BCUT2D eigenvalue weighted by atomic mass is 10.1. The van der Waals surface area contributed by atoms with Gasteiger partial charge < -0.3 is 14.4 Å². The van der Waals surface area contributed by atoms with Crippen LogP contribution in [-0.4, -0.2) is 47.3 Å². The number of nitrogens with one attached hydrogen (secondary N) is 1. The van der Waals surface area contributed by atoms with Gasteiger partial charge in [0, 0.05) is 24.8 Å². The molecule has 1 aliphatic heterocycles. The van der Waals surface area contributed by atoms with Gasteiger partial charge in [-0.3, -0.25) is 14.8 Å². The first-order chi connectivity index (χ1) is 11.0. The van der Waals surface area contributed by atoms with Crippen LogP contribution in [0.5, 0.6) is 5.75 Å². The summed E-state index contributed by atoms with van der Waals surface area (Å²) in [5, 5.41) is 8.72. The van der Waals surface area contributed by atoms with Gasteiger partial charge >= 0.3 is 0 Å². The molecule has 7 heteroatoms. The van der Waals surface area contributed by atoms with Gasteiger partial charge in [-0.05, 0) is 31.9 Å². The van der Waals surface area contributed by atoms with Crippen LogP contribution < -0.4 is 10.2 Å². The number of nitrogens with zero attached hydrogens (tertiary/aromatic N) is 1. The molecule has 1 fully saturated rings. The Kier molecular flexibility index (Phi) is 3.99. The molecule has 1 heterocycles. The van der Waals surface area contributed by atoms with Gasteiger partial charge in [0.25, 0.3) is 11.8 Å². The molecule has 2 amide bonds. The van der Waals surface area contributed by atoms with Gasteiger partial charge in [-0.15, -0.1) is 0 Å². The average molecular weight is 320 g/mol. The molecule has 0 bridgehead atoms. The van der Waals surface area contributed by atoms with Crippen LogP contribution in [0.4, 0.5) is 0 Å². The number of hydroxylamine groups is 1. The number of carbonyl (C=O) groups excluding carboxylic acids is 2. The van der Waals surface area contributed by atoms with E-state index in [2.05, 4.69) is 0 Å². The van der Waals surface area contributed by atoms with Gasteiger partial charge in [0.05, 0.1) is 6.04 Å². The minimum atomic E-state index is -0.671. The number of carbonyl (C=O) groups is 2. The fourth-order valence-electron chi connectivity index (χ4n) is 2.82. The van der Waals surface area contributed by atoms with Crippen molar-refractivity contribution in [3.63, 3.8) is 0 Å². The lowest BCUT2D eigenvalue weighted by Gasteiger charge is -2.29. The van der Waals surface area contributed by atoms with Crippen molar-refractivity contribution in [2.24, 2.45) is 0 Å². The second kappa shape index (κ2) is 5.82. The third kappa shape index (κ3) is 2.77. The number of methoxy groups -OCH3 is 1. The minimum Gasteiger partial charge on any atom is -0.491 e. The van der Waals surface area contributed by atoms with Crippen molar-refractivity contribution in [1.29, 1.82) is 0 Å².